The number of pyridine rings is 1. The highest BCUT2D eigenvalue weighted by Gasteiger charge is 2.36. The van der Waals surface area contributed by atoms with E-state index < -0.39 is 43.3 Å². The maximum atomic E-state index is 15.8. The molecule has 5 aromatic rings. The van der Waals surface area contributed by atoms with Crippen LogP contribution >= 0.6 is 0 Å². The van der Waals surface area contributed by atoms with Crippen LogP contribution in [0.5, 0.6) is 0 Å². The number of carbonyl (C=O) groups is 1. The van der Waals surface area contributed by atoms with Gasteiger partial charge in [-0.25, -0.2) is 26.7 Å². The minimum atomic E-state index is -3.61. The van der Waals surface area contributed by atoms with Gasteiger partial charge >= 0.3 is 5.97 Å². The van der Waals surface area contributed by atoms with Gasteiger partial charge in [0, 0.05) is 41.7 Å². The van der Waals surface area contributed by atoms with E-state index in [1.54, 1.807) is 36.1 Å². The van der Waals surface area contributed by atoms with E-state index in [1.165, 1.54) is 12.3 Å². The van der Waals surface area contributed by atoms with Crippen LogP contribution < -0.4 is 0 Å². The Morgan fingerprint density at radius 3 is 2.69 bits per heavy atom. The zero-order valence-corrected chi connectivity index (χ0v) is 29.6. The fourth-order valence-electron chi connectivity index (χ4n) is 6.90. The Morgan fingerprint density at radius 2 is 1.92 bits per heavy atom. The molecule has 13 heteroatoms. The molecule has 2 aromatic carbocycles. The molecule has 10 nitrogen and oxygen atoms in total. The van der Waals surface area contributed by atoms with Gasteiger partial charge in [0.25, 0.3) is 0 Å². The average molecular weight is 706 g/mol. The molecule has 0 fully saturated rings. The van der Waals surface area contributed by atoms with Gasteiger partial charge in [-0.2, -0.15) is 5.10 Å². The summed E-state index contributed by atoms with van der Waals surface area (Å²) in [6, 6.07) is 14.0. The first-order valence-corrected chi connectivity index (χ1v) is 19.2. The first kappa shape index (κ1) is 34.6. The summed E-state index contributed by atoms with van der Waals surface area (Å²) in [5, 5.41) is 14.8. The van der Waals surface area contributed by atoms with Gasteiger partial charge in [-0.05, 0) is 79.0 Å². The van der Waals surface area contributed by atoms with Gasteiger partial charge in [0.15, 0.2) is 21.5 Å². The highest BCUT2D eigenvalue weighted by molar-refractivity contribution is 7.91. The number of carboxylic acids is 1. The van der Waals surface area contributed by atoms with Crippen LogP contribution in [-0.2, 0) is 50.7 Å². The van der Waals surface area contributed by atoms with Crippen LogP contribution in [0, 0.1) is 11.2 Å². The molecule has 1 aliphatic rings. The zero-order chi connectivity index (χ0) is 35.1. The molecule has 4 heterocycles. The van der Waals surface area contributed by atoms with E-state index in [1.807, 2.05) is 45.0 Å². The maximum absolute atomic E-state index is 15.8. The predicted octanol–water partition coefficient (Wildman–Crippen LogP) is 6.15. The number of halogens is 1. The fourth-order valence-corrected chi connectivity index (χ4v) is 10.2. The largest absolute Gasteiger partial charge is 0.481 e. The van der Waals surface area contributed by atoms with E-state index in [0.29, 0.717) is 64.4 Å². The third-order valence-electron chi connectivity index (χ3n) is 9.48. The minimum Gasteiger partial charge on any atom is -0.481 e. The SMILES string of the molecule is Cn1nc2nc1-c1cc(ccn1)S(=O)c1c(F)cc3[nH]ccc3c1CCS(=O)(=O)CC(C)(C)CCC[C@]2(C)c1cccc(CCC(=O)O)c1. The van der Waals surface area contributed by atoms with Crippen molar-refractivity contribution in [3.63, 3.8) is 0 Å². The van der Waals surface area contributed by atoms with Crippen molar-refractivity contribution in [2.45, 2.75) is 74.5 Å². The van der Waals surface area contributed by atoms with Crippen molar-refractivity contribution in [1.29, 1.82) is 0 Å². The lowest BCUT2D eigenvalue weighted by Crippen LogP contribution is -2.29. The van der Waals surface area contributed by atoms with Gasteiger partial charge in [0.2, 0.25) is 0 Å². The van der Waals surface area contributed by atoms with Crippen LogP contribution in [0.25, 0.3) is 22.4 Å². The van der Waals surface area contributed by atoms with E-state index >= 15 is 4.39 Å². The smallest absolute Gasteiger partial charge is 0.303 e. The second-order valence-electron chi connectivity index (χ2n) is 13.9. The van der Waals surface area contributed by atoms with E-state index in [9.17, 15) is 22.5 Å². The van der Waals surface area contributed by atoms with Gasteiger partial charge in [-0.1, -0.05) is 44.5 Å². The lowest BCUT2D eigenvalue weighted by molar-refractivity contribution is -0.136. The van der Waals surface area contributed by atoms with Crippen LogP contribution in [0.15, 0.2) is 70.7 Å². The van der Waals surface area contributed by atoms with Crippen LogP contribution in [-0.4, -0.2) is 59.9 Å². The first-order valence-electron chi connectivity index (χ1n) is 16.3. The maximum Gasteiger partial charge on any atom is 0.303 e. The van der Waals surface area contributed by atoms with Crippen molar-refractivity contribution >= 4 is 37.5 Å². The number of fused-ring (bicyclic) bond motifs is 8. The number of nitrogens with zero attached hydrogens (tertiary/aromatic N) is 4. The molecule has 0 spiro atoms. The normalized spacial score (nSPS) is 21.0. The number of aliphatic carboxylic acids is 1. The second kappa shape index (κ2) is 13.2. The number of aryl methyl sites for hydroxylation is 3. The molecule has 0 aliphatic carbocycles. The number of hydrogen-bond acceptors (Lipinski definition) is 7. The summed E-state index contributed by atoms with van der Waals surface area (Å²) in [6.45, 7) is 5.93. The molecule has 1 unspecified atom stereocenters. The van der Waals surface area contributed by atoms with Crippen molar-refractivity contribution in [3.05, 3.63) is 89.3 Å². The molecule has 2 N–H and O–H groups in total. The van der Waals surface area contributed by atoms with E-state index in [-0.39, 0.29) is 29.2 Å². The van der Waals surface area contributed by atoms with Crippen molar-refractivity contribution in [2.24, 2.45) is 12.5 Å². The summed E-state index contributed by atoms with van der Waals surface area (Å²) in [5.41, 5.74) is 1.81. The van der Waals surface area contributed by atoms with Crippen molar-refractivity contribution in [3.8, 4) is 11.5 Å². The Balaban J connectivity index is 1.50. The number of aromatic nitrogens is 5. The molecule has 6 rings (SSSR count). The van der Waals surface area contributed by atoms with Gasteiger partial charge in [0.05, 0.1) is 32.6 Å². The topological polar surface area (TPSA) is 148 Å². The average Bonchev–Trinajstić information content (AvgIpc) is 3.68. The number of hydrogen-bond donors (Lipinski definition) is 2. The second-order valence-corrected chi connectivity index (χ2v) is 17.5. The third-order valence-corrected chi connectivity index (χ3v) is 13.0. The van der Waals surface area contributed by atoms with Crippen molar-refractivity contribution in [2.75, 3.05) is 11.5 Å². The molecule has 0 radical (unpaired) electrons. The number of H-pyrrole nitrogens is 1. The Hall–Kier alpha value is -4.23. The summed E-state index contributed by atoms with van der Waals surface area (Å²) in [5.74, 6) is -0.879. The highest BCUT2D eigenvalue weighted by atomic mass is 32.2. The standard InChI is InChI=1S/C36H40FN5O5S2/c1-35(2)14-6-15-36(3,24-8-5-7-23(19-24)9-10-31(43)44)34-40-33(42(4)41-34)30-20-25(11-16-39-30)48(45)32-27(13-18-49(46,47)22-35)26-12-17-38-29(26)21-28(32)37/h5,7-8,11-12,16-17,19-21,38H,6,9-10,13-15,18,22H2,1-4H3,(H,43,44)/t36-,48?/m1/s1. The van der Waals surface area contributed by atoms with E-state index in [2.05, 4.69) is 9.97 Å². The molecule has 4 bridgehead atoms. The Labute approximate surface area is 287 Å². The van der Waals surface area contributed by atoms with Crippen LogP contribution in [0.4, 0.5) is 4.39 Å². The molecule has 0 saturated carbocycles. The molecular formula is C36H40FN5O5S2. The van der Waals surface area contributed by atoms with Crippen molar-refractivity contribution in [1.82, 2.24) is 24.7 Å². The number of benzene rings is 2. The molecular weight excluding hydrogens is 666 g/mol. The van der Waals surface area contributed by atoms with Gasteiger partial charge in [-0.15, -0.1) is 0 Å². The van der Waals surface area contributed by atoms with Gasteiger partial charge < -0.3 is 10.1 Å². The van der Waals surface area contributed by atoms with Crippen LogP contribution in [0.2, 0.25) is 0 Å². The molecule has 3 aromatic heterocycles. The van der Waals surface area contributed by atoms with Crippen molar-refractivity contribution < 1.29 is 26.9 Å². The molecule has 1 aliphatic heterocycles. The Bertz CT molecular complexity index is 2190. The summed E-state index contributed by atoms with van der Waals surface area (Å²) in [6.07, 6.45) is 5.40. The summed E-state index contributed by atoms with van der Waals surface area (Å²) >= 11 is 0. The van der Waals surface area contributed by atoms with Crippen LogP contribution in [0.1, 0.15) is 69.0 Å². The van der Waals surface area contributed by atoms with E-state index in [0.717, 1.165) is 11.1 Å². The molecule has 0 saturated heterocycles. The third kappa shape index (κ3) is 7.23. The van der Waals surface area contributed by atoms with Gasteiger partial charge in [-0.3, -0.25) is 9.78 Å². The number of nitrogens with one attached hydrogen (secondary N) is 1. The summed E-state index contributed by atoms with van der Waals surface area (Å²) in [7, 11) is -3.86. The summed E-state index contributed by atoms with van der Waals surface area (Å²) < 4.78 is 58.9. The number of aromatic amines is 1. The number of rotatable bonds is 4. The quantitative estimate of drug-likeness (QED) is 0.226. The minimum absolute atomic E-state index is 0.00261. The molecule has 258 valence electrons. The lowest BCUT2D eigenvalue weighted by Gasteiger charge is -2.30. The van der Waals surface area contributed by atoms with E-state index in [4.69, 9.17) is 10.1 Å². The first-order chi connectivity index (χ1) is 23.2. The van der Waals surface area contributed by atoms with Crippen LogP contribution in [0.3, 0.4) is 0 Å². The fraction of sp³-hybridized carbons (Fsp3) is 0.389. The molecule has 0 amide bonds. The highest BCUT2D eigenvalue weighted by Crippen LogP contribution is 2.39. The molecule has 2 atom stereocenters. The molecule has 49 heavy (non-hydrogen) atoms. The Kier molecular flexibility index (Phi) is 9.35. The Morgan fingerprint density at radius 1 is 1.12 bits per heavy atom. The van der Waals surface area contributed by atoms with Gasteiger partial charge in [0.1, 0.15) is 11.5 Å². The monoisotopic (exact) mass is 705 g/mol. The predicted molar refractivity (Wildman–Crippen MR) is 186 cm³/mol. The zero-order valence-electron chi connectivity index (χ0n) is 28.0. The number of carboxylic acid groups (broad SMARTS) is 1. The lowest BCUT2D eigenvalue weighted by atomic mass is 9.75. The summed E-state index contributed by atoms with van der Waals surface area (Å²) in [4.78, 5) is 24.1. The number of sulfone groups is 1.